The zero-order chi connectivity index (χ0) is 11.7. The fraction of sp³-hybridized carbons (Fsp3) is 0. The number of aromatic nitrogens is 4. The smallest absolute Gasteiger partial charge is 0.355 e. The van der Waals surface area contributed by atoms with Crippen molar-refractivity contribution in [3.8, 4) is 0 Å². The minimum Gasteiger partial charge on any atom is -0.710 e. The van der Waals surface area contributed by atoms with Crippen molar-refractivity contribution in [3.63, 3.8) is 0 Å². The molecule has 0 aromatic carbocycles. The Balaban J connectivity index is 2.12. The van der Waals surface area contributed by atoms with Gasteiger partial charge in [0.05, 0.1) is 12.6 Å². The first-order chi connectivity index (χ1) is 8.34. The van der Waals surface area contributed by atoms with Gasteiger partial charge in [0.15, 0.2) is 16.9 Å². The lowest BCUT2D eigenvalue weighted by molar-refractivity contribution is -0.358. The SMILES string of the molecule is [O-][N+](=Cc1ccco1)c1ncnc2nc[nH]c12. The van der Waals surface area contributed by atoms with Gasteiger partial charge < -0.3 is 14.6 Å². The Morgan fingerprint density at radius 1 is 1.35 bits per heavy atom. The number of nitrogens with one attached hydrogen (secondary N) is 1. The molecule has 0 amide bonds. The Bertz CT molecular complexity index is 671. The largest absolute Gasteiger partial charge is 0.710 e. The average Bonchev–Trinajstić information content (AvgIpc) is 2.97. The number of hydrogen-bond donors (Lipinski definition) is 1. The number of H-pyrrole nitrogens is 1. The summed E-state index contributed by atoms with van der Waals surface area (Å²) in [6.45, 7) is 0. The van der Waals surface area contributed by atoms with Crippen LogP contribution in [0.25, 0.3) is 11.2 Å². The Hall–Kier alpha value is -2.70. The van der Waals surface area contributed by atoms with Crippen LogP contribution < -0.4 is 0 Å². The maximum absolute atomic E-state index is 11.9. The molecule has 17 heavy (non-hydrogen) atoms. The number of fused-ring (bicyclic) bond motifs is 1. The van der Waals surface area contributed by atoms with Gasteiger partial charge in [-0.15, -0.1) is 0 Å². The van der Waals surface area contributed by atoms with Crippen LogP contribution in [0.2, 0.25) is 0 Å². The van der Waals surface area contributed by atoms with Crippen LogP contribution in [0.4, 0.5) is 5.82 Å². The first-order valence-electron chi connectivity index (χ1n) is 4.83. The molecule has 0 atom stereocenters. The summed E-state index contributed by atoms with van der Waals surface area (Å²) in [6, 6.07) is 3.38. The molecule has 7 heteroatoms. The van der Waals surface area contributed by atoms with Gasteiger partial charge in [-0.1, -0.05) is 0 Å². The quantitative estimate of drug-likeness (QED) is 0.308. The summed E-state index contributed by atoms with van der Waals surface area (Å²) in [5.74, 6) is 0.648. The first kappa shape index (κ1) is 9.52. The molecule has 0 aliphatic carbocycles. The van der Waals surface area contributed by atoms with E-state index in [2.05, 4.69) is 19.9 Å². The molecule has 3 aromatic rings. The van der Waals surface area contributed by atoms with E-state index in [9.17, 15) is 5.21 Å². The van der Waals surface area contributed by atoms with Crippen molar-refractivity contribution in [2.45, 2.75) is 0 Å². The molecular formula is C10H7N5O2. The Morgan fingerprint density at radius 3 is 3.12 bits per heavy atom. The highest BCUT2D eigenvalue weighted by molar-refractivity contribution is 5.80. The molecule has 7 nitrogen and oxygen atoms in total. The van der Waals surface area contributed by atoms with Gasteiger partial charge >= 0.3 is 5.82 Å². The van der Waals surface area contributed by atoms with Crippen LogP contribution in [0.3, 0.4) is 0 Å². The molecule has 0 aliphatic rings. The minimum atomic E-state index is 0.198. The number of hydrogen-bond acceptors (Lipinski definition) is 5. The van der Waals surface area contributed by atoms with E-state index in [1.807, 2.05) is 0 Å². The maximum atomic E-state index is 11.9. The van der Waals surface area contributed by atoms with Crippen LogP contribution in [0, 0.1) is 5.21 Å². The lowest BCUT2D eigenvalue weighted by Crippen LogP contribution is -2.01. The van der Waals surface area contributed by atoms with Gasteiger partial charge in [-0.3, -0.25) is 0 Å². The molecule has 0 aliphatic heterocycles. The summed E-state index contributed by atoms with van der Waals surface area (Å²) in [6.07, 6.45) is 5.54. The highest BCUT2D eigenvalue weighted by Crippen LogP contribution is 2.16. The number of aromatic amines is 1. The van der Waals surface area contributed by atoms with Crippen molar-refractivity contribution in [3.05, 3.63) is 42.0 Å². The van der Waals surface area contributed by atoms with Crippen molar-refractivity contribution < 1.29 is 9.16 Å². The van der Waals surface area contributed by atoms with Crippen LogP contribution in [-0.2, 0) is 0 Å². The fourth-order valence-corrected chi connectivity index (χ4v) is 1.46. The van der Waals surface area contributed by atoms with Gasteiger partial charge in [0.25, 0.3) is 0 Å². The van der Waals surface area contributed by atoms with E-state index >= 15 is 0 Å². The highest BCUT2D eigenvalue weighted by atomic mass is 16.5. The molecular weight excluding hydrogens is 222 g/mol. The summed E-state index contributed by atoms with van der Waals surface area (Å²) >= 11 is 0. The zero-order valence-corrected chi connectivity index (χ0v) is 8.57. The maximum Gasteiger partial charge on any atom is 0.355 e. The molecule has 3 heterocycles. The van der Waals surface area contributed by atoms with Crippen molar-refractivity contribution >= 4 is 23.2 Å². The Kier molecular flexibility index (Phi) is 2.08. The predicted octanol–water partition coefficient (Wildman–Crippen LogP) is 1.21. The molecule has 0 radical (unpaired) electrons. The van der Waals surface area contributed by atoms with Crippen LogP contribution in [0.15, 0.2) is 35.5 Å². The van der Waals surface area contributed by atoms with Gasteiger partial charge in [0.2, 0.25) is 6.33 Å². The second kappa shape index (κ2) is 3.71. The van der Waals surface area contributed by atoms with E-state index < -0.39 is 0 Å². The van der Waals surface area contributed by atoms with Crippen LogP contribution in [0.5, 0.6) is 0 Å². The van der Waals surface area contributed by atoms with Gasteiger partial charge in [-0.2, -0.15) is 4.98 Å². The topological polar surface area (TPSA) is 93.7 Å². The van der Waals surface area contributed by atoms with Crippen LogP contribution in [-0.4, -0.2) is 30.9 Å². The van der Waals surface area contributed by atoms with Gasteiger partial charge in [-0.25, -0.2) is 9.72 Å². The predicted molar refractivity (Wildman–Crippen MR) is 58.8 cm³/mol. The standard InChI is InChI=1S/C10H7N5O2/c16-15(4-7-2-1-3-17-7)10-8-9(12-5-11-8)13-6-14-10/h1-6H,(H,11,12,13,14). The third-order valence-electron chi connectivity index (χ3n) is 2.20. The van der Waals surface area contributed by atoms with Gasteiger partial charge in [0, 0.05) is 0 Å². The van der Waals surface area contributed by atoms with Crippen molar-refractivity contribution in [2.75, 3.05) is 0 Å². The third-order valence-corrected chi connectivity index (χ3v) is 2.20. The summed E-state index contributed by atoms with van der Waals surface area (Å²) < 4.78 is 5.66. The summed E-state index contributed by atoms with van der Waals surface area (Å²) in [5.41, 5.74) is 0.939. The number of imidazole rings is 1. The van der Waals surface area contributed by atoms with Crippen molar-refractivity contribution in [2.24, 2.45) is 0 Å². The van der Waals surface area contributed by atoms with E-state index in [4.69, 9.17) is 4.42 Å². The minimum absolute atomic E-state index is 0.198. The number of nitrogens with zero attached hydrogens (tertiary/aromatic N) is 4. The molecule has 0 spiro atoms. The highest BCUT2D eigenvalue weighted by Gasteiger charge is 2.13. The third kappa shape index (κ3) is 1.63. The summed E-state index contributed by atoms with van der Waals surface area (Å²) in [5, 5.41) is 11.9. The lowest BCUT2D eigenvalue weighted by Gasteiger charge is -2.03. The van der Waals surface area contributed by atoms with Crippen LogP contribution in [0.1, 0.15) is 5.76 Å². The van der Waals surface area contributed by atoms with Crippen molar-refractivity contribution in [1.29, 1.82) is 0 Å². The molecule has 0 fully saturated rings. The molecule has 0 bridgehead atoms. The molecule has 84 valence electrons. The lowest BCUT2D eigenvalue weighted by atomic mass is 10.4. The molecule has 0 saturated carbocycles. The second-order valence-electron chi connectivity index (χ2n) is 3.27. The molecule has 0 unspecified atom stereocenters. The van der Waals surface area contributed by atoms with Gasteiger partial charge in [-0.05, 0) is 17.1 Å². The fourth-order valence-electron chi connectivity index (χ4n) is 1.46. The molecule has 0 saturated heterocycles. The van der Waals surface area contributed by atoms with Crippen LogP contribution >= 0.6 is 0 Å². The number of furan rings is 1. The average molecular weight is 229 g/mol. The van der Waals surface area contributed by atoms with E-state index in [0.717, 1.165) is 0 Å². The Labute approximate surface area is 95.1 Å². The van der Waals surface area contributed by atoms with E-state index in [1.165, 1.54) is 25.1 Å². The van der Waals surface area contributed by atoms with E-state index in [1.54, 1.807) is 12.1 Å². The molecule has 3 rings (SSSR count). The summed E-state index contributed by atoms with van der Waals surface area (Å²) in [4.78, 5) is 14.6. The van der Waals surface area contributed by atoms with E-state index in [0.29, 0.717) is 21.7 Å². The first-order valence-corrected chi connectivity index (χ1v) is 4.83. The van der Waals surface area contributed by atoms with Gasteiger partial charge in [0.1, 0.15) is 6.21 Å². The second-order valence-corrected chi connectivity index (χ2v) is 3.27. The molecule has 1 N–H and O–H groups in total. The normalized spacial score (nSPS) is 12.1. The summed E-state index contributed by atoms with van der Waals surface area (Å²) in [7, 11) is 0. The Morgan fingerprint density at radius 2 is 2.29 bits per heavy atom. The van der Waals surface area contributed by atoms with Crippen molar-refractivity contribution in [1.82, 2.24) is 19.9 Å². The molecule has 3 aromatic heterocycles. The van der Waals surface area contributed by atoms with E-state index in [-0.39, 0.29) is 5.82 Å². The zero-order valence-electron chi connectivity index (χ0n) is 8.57. The number of rotatable bonds is 2. The monoisotopic (exact) mass is 229 g/mol.